The lowest BCUT2D eigenvalue weighted by Crippen LogP contribution is -2.41. The third-order valence-electron chi connectivity index (χ3n) is 4.66. The summed E-state index contributed by atoms with van der Waals surface area (Å²) in [7, 11) is 0.317. The van der Waals surface area contributed by atoms with E-state index < -0.39 is 28.2 Å². The van der Waals surface area contributed by atoms with Gasteiger partial charge in [-0.1, -0.05) is 6.42 Å². The number of benzene rings is 1. The van der Waals surface area contributed by atoms with Crippen LogP contribution in [0.4, 0.5) is 8.78 Å². The highest BCUT2D eigenvalue weighted by atomic mass is 32.2. The Morgan fingerprint density at radius 2 is 1.73 bits per heavy atom. The largest absolute Gasteiger partial charge is 0.491 e. The fourth-order valence-electron chi connectivity index (χ4n) is 3.58. The number of Topliss-reactive ketones (excluding diaryl/α,β-unsaturated/α-hetero) is 1. The van der Waals surface area contributed by atoms with Gasteiger partial charge in [-0.25, -0.2) is 8.78 Å². The minimum absolute atomic E-state index is 0.0338. The summed E-state index contributed by atoms with van der Waals surface area (Å²) in [6, 6.07) is 2.07. The fraction of sp³-hybridized carbons (Fsp3) is 0.562. The zero-order chi connectivity index (χ0) is 15.9. The van der Waals surface area contributed by atoms with E-state index >= 15 is 0 Å². The minimum atomic E-state index is -0.870. The first-order valence-corrected chi connectivity index (χ1v) is 8.75. The first-order valence-electron chi connectivity index (χ1n) is 7.48. The Labute approximate surface area is 130 Å². The van der Waals surface area contributed by atoms with E-state index in [0.29, 0.717) is 12.8 Å². The molecule has 2 aliphatic heterocycles. The second-order valence-corrected chi connectivity index (χ2v) is 8.00. The van der Waals surface area contributed by atoms with Crippen molar-refractivity contribution in [3.05, 3.63) is 29.3 Å². The Bertz CT molecular complexity index is 593. The second kappa shape index (κ2) is 6.07. The molecule has 2 aliphatic rings. The molecule has 6 heteroatoms. The molecule has 0 aromatic heterocycles. The van der Waals surface area contributed by atoms with Crippen LogP contribution in [0.15, 0.2) is 12.1 Å². The van der Waals surface area contributed by atoms with Gasteiger partial charge < -0.3 is 4.74 Å². The lowest BCUT2D eigenvalue weighted by Gasteiger charge is -2.37. The summed E-state index contributed by atoms with van der Waals surface area (Å²) in [6.07, 6.45) is 3.90. The zero-order valence-corrected chi connectivity index (χ0v) is 13.1. The summed E-state index contributed by atoms with van der Waals surface area (Å²) in [4.78, 5) is 12.6. The van der Waals surface area contributed by atoms with Crippen LogP contribution in [-0.2, 0) is 10.8 Å². The van der Waals surface area contributed by atoms with Gasteiger partial charge in [0.15, 0.2) is 23.2 Å². The highest BCUT2D eigenvalue weighted by Gasteiger charge is 2.40. The predicted molar refractivity (Wildman–Crippen MR) is 79.5 cm³/mol. The topological polar surface area (TPSA) is 43.4 Å². The summed E-state index contributed by atoms with van der Waals surface area (Å²) >= 11 is 0. The van der Waals surface area contributed by atoms with Crippen molar-refractivity contribution in [1.82, 2.24) is 0 Å². The van der Waals surface area contributed by atoms with E-state index in [0.717, 1.165) is 31.4 Å². The van der Waals surface area contributed by atoms with Crippen molar-refractivity contribution in [2.75, 3.05) is 7.11 Å². The van der Waals surface area contributed by atoms with E-state index in [1.165, 1.54) is 7.11 Å². The molecule has 0 aliphatic carbocycles. The van der Waals surface area contributed by atoms with Crippen molar-refractivity contribution in [2.24, 2.45) is 5.92 Å². The van der Waals surface area contributed by atoms with E-state index in [2.05, 4.69) is 4.74 Å². The van der Waals surface area contributed by atoms with Crippen LogP contribution in [0.1, 0.15) is 42.5 Å². The zero-order valence-electron chi connectivity index (χ0n) is 12.3. The van der Waals surface area contributed by atoms with E-state index in [-0.39, 0.29) is 27.8 Å². The Morgan fingerprint density at radius 3 is 2.23 bits per heavy atom. The van der Waals surface area contributed by atoms with Crippen LogP contribution < -0.4 is 4.74 Å². The highest BCUT2D eigenvalue weighted by Crippen LogP contribution is 2.38. The maximum atomic E-state index is 13.8. The Kier molecular flexibility index (Phi) is 4.30. The molecule has 0 saturated carbocycles. The molecule has 0 N–H and O–H groups in total. The maximum absolute atomic E-state index is 13.8. The highest BCUT2D eigenvalue weighted by molar-refractivity contribution is 7.86. The molecule has 0 spiro atoms. The average Bonchev–Trinajstić information content (AvgIpc) is 2.46. The number of halogens is 2. The van der Waals surface area contributed by atoms with Gasteiger partial charge in [-0.15, -0.1) is 0 Å². The number of carbonyl (C=O) groups excluding carboxylic acids is 1. The molecule has 1 aromatic carbocycles. The normalized spacial score (nSPS) is 30.9. The molecule has 0 radical (unpaired) electrons. The van der Waals surface area contributed by atoms with Crippen LogP contribution in [0.25, 0.3) is 0 Å². The first-order chi connectivity index (χ1) is 10.5. The fourth-order valence-corrected chi connectivity index (χ4v) is 5.77. The minimum Gasteiger partial charge on any atom is -0.491 e. The lowest BCUT2D eigenvalue weighted by molar-refractivity contribution is 0.0894. The van der Waals surface area contributed by atoms with Gasteiger partial charge in [0, 0.05) is 32.8 Å². The Morgan fingerprint density at radius 1 is 1.18 bits per heavy atom. The van der Waals surface area contributed by atoms with E-state index in [1.54, 1.807) is 0 Å². The number of fused-ring (bicyclic) bond motifs is 2. The SMILES string of the molecule is COc1c(F)cc(C(=O)C2CC3CCCC(C2)S3=O)cc1F. The summed E-state index contributed by atoms with van der Waals surface area (Å²) in [5.74, 6) is -2.76. The van der Waals surface area contributed by atoms with Gasteiger partial charge in [-0.3, -0.25) is 9.00 Å². The molecule has 3 nitrogen and oxygen atoms in total. The molecule has 1 aromatic rings. The van der Waals surface area contributed by atoms with Crippen LogP contribution in [0, 0.1) is 17.6 Å². The molecule has 2 bridgehead atoms. The number of hydrogen-bond acceptors (Lipinski definition) is 3. The summed E-state index contributed by atoms with van der Waals surface area (Å²) < 4.78 is 44.3. The molecule has 22 heavy (non-hydrogen) atoms. The van der Waals surface area contributed by atoms with Gasteiger partial charge in [0.2, 0.25) is 0 Å². The summed E-state index contributed by atoms with van der Waals surface area (Å²) in [6.45, 7) is 0. The molecule has 0 amide bonds. The van der Waals surface area contributed by atoms with E-state index in [9.17, 15) is 17.8 Å². The van der Waals surface area contributed by atoms with E-state index in [4.69, 9.17) is 0 Å². The standard InChI is InChI=1S/C16H18F2O3S/c1-21-16-13(17)7-10(8-14(16)18)15(19)9-5-11-3-2-4-12(6-9)22(11)20/h7-9,11-12H,2-6H2,1H3. The van der Waals surface area contributed by atoms with Crippen LogP contribution >= 0.6 is 0 Å². The third-order valence-corrected chi connectivity index (χ3v) is 6.83. The Hall–Kier alpha value is -1.30. The molecule has 2 saturated heterocycles. The van der Waals surface area contributed by atoms with Crippen LogP contribution in [-0.4, -0.2) is 27.6 Å². The molecule has 2 fully saturated rings. The molecule has 3 rings (SSSR count). The van der Waals surface area contributed by atoms with Gasteiger partial charge in [-0.05, 0) is 37.8 Å². The second-order valence-electron chi connectivity index (χ2n) is 6.01. The first kappa shape index (κ1) is 15.6. The van der Waals surface area contributed by atoms with Crippen molar-refractivity contribution < 1.29 is 22.5 Å². The van der Waals surface area contributed by atoms with Crippen molar-refractivity contribution in [2.45, 2.75) is 42.6 Å². The number of carbonyl (C=O) groups is 1. The maximum Gasteiger partial charge on any atom is 0.190 e. The van der Waals surface area contributed by atoms with Gasteiger partial charge in [0.05, 0.1) is 7.11 Å². The molecule has 2 unspecified atom stereocenters. The smallest absolute Gasteiger partial charge is 0.190 e. The number of hydrogen-bond donors (Lipinski definition) is 0. The molecule has 120 valence electrons. The monoisotopic (exact) mass is 328 g/mol. The third kappa shape index (κ3) is 2.69. The van der Waals surface area contributed by atoms with Gasteiger partial charge in [0.1, 0.15) is 0 Å². The van der Waals surface area contributed by atoms with Gasteiger partial charge in [0.25, 0.3) is 0 Å². The lowest BCUT2D eigenvalue weighted by atomic mass is 9.84. The molecular weight excluding hydrogens is 310 g/mol. The molecular formula is C16H18F2O3S. The van der Waals surface area contributed by atoms with Crippen molar-refractivity contribution in [3.63, 3.8) is 0 Å². The van der Waals surface area contributed by atoms with Gasteiger partial charge >= 0.3 is 0 Å². The number of methoxy groups -OCH3 is 1. The number of ketones is 1. The van der Waals surface area contributed by atoms with Crippen LogP contribution in [0.3, 0.4) is 0 Å². The average molecular weight is 328 g/mol. The van der Waals surface area contributed by atoms with Crippen LogP contribution in [0.5, 0.6) is 5.75 Å². The van der Waals surface area contributed by atoms with Crippen molar-refractivity contribution in [3.8, 4) is 5.75 Å². The molecule has 2 heterocycles. The van der Waals surface area contributed by atoms with Crippen molar-refractivity contribution in [1.29, 1.82) is 0 Å². The number of ether oxygens (including phenoxy) is 1. The van der Waals surface area contributed by atoms with Gasteiger partial charge in [-0.2, -0.15) is 0 Å². The predicted octanol–water partition coefficient (Wildman–Crippen LogP) is 3.24. The molecule has 2 atom stereocenters. The number of rotatable bonds is 3. The summed E-state index contributed by atoms with van der Waals surface area (Å²) in [5, 5.41) is 0.101. The quantitative estimate of drug-likeness (QED) is 0.800. The van der Waals surface area contributed by atoms with E-state index in [1.807, 2.05) is 0 Å². The van der Waals surface area contributed by atoms with Crippen LogP contribution in [0.2, 0.25) is 0 Å². The summed E-state index contributed by atoms with van der Waals surface area (Å²) in [5.41, 5.74) is 0.0338. The van der Waals surface area contributed by atoms with Crippen molar-refractivity contribution >= 4 is 16.6 Å². The Balaban J connectivity index is 1.84.